The molecule has 0 aromatic heterocycles. The van der Waals surface area contributed by atoms with E-state index in [0.717, 1.165) is 29.8 Å². The van der Waals surface area contributed by atoms with E-state index in [1.807, 2.05) is 18.2 Å². The van der Waals surface area contributed by atoms with Crippen LogP contribution in [-0.4, -0.2) is 38.0 Å². The van der Waals surface area contributed by atoms with Crippen molar-refractivity contribution >= 4 is 27.8 Å². The van der Waals surface area contributed by atoms with Gasteiger partial charge in [0, 0.05) is 36.2 Å². The topological polar surface area (TPSA) is 65.5 Å². The number of hydrogen-bond donors (Lipinski definition) is 3. The summed E-state index contributed by atoms with van der Waals surface area (Å²) in [5, 5.41) is 9.44. The van der Waals surface area contributed by atoms with Gasteiger partial charge in [0.1, 0.15) is 0 Å². The molecule has 0 radical (unpaired) electrons. The second kappa shape index (κ2) is 10.2. The molecule has 1 aromatic carbocycles. The molecule has 0 bridgehead atoms. The maximum Gasteiger partial charge on any atom is 0.251 e. The fraction of sp³-hybridized carbons (Fsp3) is 0.500. The predicted octanol–water partition coefficient (Wildman–Crippen LogP) is 2.53. The smallest absolute Gasteiger partial charge is 0.251 e. The monoisotopic (exact) mass is 368 g/mol. The van der Waals surface area contributed by atoms with Crippen molar-refractivity contribution < 1.29 is 4.79 Å². The van der Waals surface area contributed by atoms with Crippen molar-refractivity contribution in [2.24, 2.45) is 4.99 Å². The largest absolute Gasteiger partial charge is 0.356 e. The molecule has 0 spiro atoms. The molecule has 1 aromatic rings. The van der Waals surface area contributed by atoms with Crippen molar-refractivity contribution in [3.63, 3.8) is 0 Å². The van der Waals surface area contributed by atoms with Crippen molar-refractivity contribution in [1.29, 1.82) is 0 Å². The van der Waals surface area contributed by atoms with Crippen LogP contribution >= 0.6 is 15.9 Å². The van der Waals surface area contributed by atoms with Gasteiger partial charge in [-0.25, -0.2) is 0 Å². The number of carbonyl (C=O) groups excluding carboxylic acids is 1. The Hall–Kier alpha value is -1.56. The third-order valence-electron chi connectivity index (χ3n) is 3.24. The highest BCUT2D eigenvalue weighted by Crippen LogP contribution is 2.11. The molecule has 0 saturated heterocycles. The molecule has 6 heteroatoms. The second-order valence-corrected chi connectivity index (χ2v) is 5.99. The van der Waals surface area contributed by atoms with Crippen LogP contribution in [0.25, 0.3) is 0 Å². The molecule has 0 saturated carbocycles. The molecule has 122 valence electrons. The summed E-state index contributed by atoms with van der Waals surface area (Å²) in [4.78, 5) is 16.1. The number of nitrogens with one attached hydrogen (secondary N) is 3. The number of aliphatic imine (C=N–C) groups is 1. The molecule has 1 amide bonds. The van der Waals surface area contributed by atoms with Crippen molar-refractivity contribution in [3.8, 4) is 0 Å². The van der Waals surface area contributed by atoms with Gasteiger partial charge in [0.05, 0.1) is 0 Å². The molecule has 1 unspecified atom stereocenters. The van der Waals surface area contributed by atoms with Crippen molar-refractivity contribution in [1.82, 2.24) is 16.0 Å². The minimum Gasteiger partial charge on any atom is -0.356 e. The highest BCUT2D eigenvalue weighted by molar-refractivity contribution is 9.10. The molecule has 0 aliphatic carbocycles. The first-order valence-corrected chi connectivity index (χ1v) is 8.37. The summed E-state index contributed by atoms with van der Waals surface area (Å²) in [5.74, 6) is 0.746. The average Bonchev–Trinajstić information content (AvgIpc) is 2.52. The second-order valence-electron chi connectivity index (χ2n) is 5.07. The Morgan fingerprint density at radius 1 is 1.32 bits per heavy atom. The Balaban J connectivity index is 2.23. The number of nitrogens with zero attached hydrogens (tertiary/aromatic N) is 1. The fourth-order valence-electron chi connectivity index (χ4n) is 1.76. The van der Waals surface area contributed by atoms with E-state index in [2.05, 4.69) is 50.7 Å². The highest BCUT2D eigenvalue weighted by atomic mass is 79.9. The normalized spacial score (nSPS) is 12.6. The van der Waals surface area contributed by atoms with E-state index in [1.165, 1.54) is 0 Å². The summed E-state index contributed by atoms with van der Waals surface area (Å²) in [5.41, 5.74) is 0.664. The summed E-state index contributed by atoms with van der Waals surface area (Å²) >= 11 is 3.36. The van der Waals surface area contributed by atoms with E-state index in [-0.39, 0.29) is 5.91 Å². The van der Waals surface area contributed by atoms with Gasteiger partial charge in [-0.05, 0) is 38.0 Å². The lowest BCUT2D eigenvalue weighted by atomic mass is 10.2. The zero-order valence-electron chi connectivity index (χ0n) is 13.4. The minimum atomic E-state index is -0.0524. The van der Waals surface area contributed by atoms with E-state index in [4.69, 9.17) is 0 Å². The molecule has 1 rings (SSSR count). The van der Waals surface area contributed by atoms with E-state index < -0.39 is 0 Å². The van der Waals surface area contributed by atoms with Crippen LogP contribution in [0, 0.1) is 0 Å². The Labute approximate surface area is 141 Å². The first-order valence-electron chi connectivity index (χ1n) is 7.57. The van der Waals surface area contributed by atoms with Gasteiger partial charge in [0.2, 0.25) is 0 Å². The maximum atomic E-state index is 11.9. The molecule has 5 nitrogen and oxygen atoms in total. The Morgan fingerprint density at radius 2 is 2.05 bits per heavy atom. The van der Waals surface area contributed by atoms with E-state index in [1.54, 1.807) is 13.1 Å². The van der Waals surface area contributed by atoms with Crippen LogP contribution in [-0.2, 0) is 0 Å². The van der Waals surface area contributed by atoms with E-state index in [9.17, 15) is 4.79 Å². The molecule has 0 aliphatic rings. The van der Waals surface area contributed by atoms with Crippen molar-refractivity contribution in [2.75, 3.05) is 20.1 Å². The van der Waals surface area contributed by atoms with Crippen molar-refractivity contribution in [3.05, 3.63) is 34.3 Å². The number of carbonyl (C=O) groups is 1. The Morgan fingerprint density at radius 3 is 2.68 bits per heavy atom. The van der Waals surface area contributed by atoms with Crippen LogP contribution in [0.3, 0.4) is 0 Å². The fourth-order valence-corrected chi connectivity index (χ4v) is 2.16. The lowest BCUT2D eigenvalue weighted by molar-refractivity contribution is 0.0953. The lowest BCUT2D eigenvalue weighted by Crippen LogP contribution is -2.42. The molecule has 22 heavy (non-hydrogen) atoms. The van der Waals surface area contributed by atoms with Crippen LogP contribution in [0.1, 0.15) is 37.0 Å². The number of amides is 1. The molecule has 0 heterocycles. The molecule has 1 atom stereocenters. The summed E-state index contributed by atoms with van der Waals surface area (Å²) in [6.07, 6.45) is 1.88. The zero-order valence-corrected chi connectivity index (χ0v) is 15.0. The number of rotatable bonds is 7. The molecular weight excluding hydrogens is 344 g/mol. The molecular formula is C16H25BrN4O. The Kier molecular flexibility index (Phi) is 8.58. The maximum absolute atomic E-state index is 11.9. The number of hydrogen-bond acceptors (Lipinski definition) is 2. The van der Waals surface area contributed by atoms with Crippen LogP contribution in [0.5, 0.6) is 0 Å². The predicted molar refractivity (Wildman–Crippen MR) is 95.3 cm³/mol. The summed E-state index contributed by atoms with van der Waals surface area (Å²) in [7, 11) is 1.76. The SMILES string of the molecule is CCC(C)NC(=NC)NCCCNC(=O)c1cccc(Br)c1. The van der Waals surface area contributed by atoms with Gasteiger partial charge < -0.3 is 16.0 Å². The number of guanidine groups is 1. The lowest BCUT2D eigenvalue weighted by Gasteiger charge is -2.16. The Bertz CT molecular complexity index is 505. The van der Waals surface area contributed by atoms with Gasteiger partial charge in [0.15, 0.2) is 5.96 Å². The molecule has 0 fully saturated rings. The quantitative estimate of drug-likeness (QED) is 0.393. The standard InChI is InChI=1S/C16H25BrN4O/c1-4-12(2)21-16(18-3)20-10-6-9-19-15(22)13-7-5-8-14(17)11-13/h5,7-8,11-12H,4,6,9-10H2,1-3H3,(H,19,22)(H2,18,20,21). The van der Waals surface area contributed by atoms with E-state index >= 15 is 0 Å². The first-order chi connectivity index (χ1) is 10.6. The third-order valence-corrected chi connectivity index (χ3v) is 3.73. The minimum absolute atomic E-state index is 0.0524. The first kappa shape index (κ1) is 18.5. The molecule has 0 aliphatic heterocycles. The van der Waals surface area contributed by atoms with Crippen LogP contribution in [0.2, 0.25) is 0 Å². The van der Waals surface area contributed by atoms with Crippen LogP contribution in [0.4, 0.5) is 0 Å². The molecule has 3 N–H and O–H groups in total. The van der Waals surface area contributed by atoms with Crippen molar-refractivity contribution in [2.45, 2.75) is 32.7 Å². The van der Waals surface area contributed by atoms with Gasteiger partial charge in [-0.1, -0.05) is 28.9 Å². The number of benzene rings is 1. The van der Waals surface area contributed by atoms with E-state index in [0.29, 0.717) is 18.2 Å². The summed E-state index contributed by atoms with van der Waals surface area (Å²) in [6, 6.07) is 7.76. The van der Waals surface area contributed by atoms with Gasteiger partial charge in [-0.3, -0.25) is 9.79 Å². The van der Waals surface area contributed by atoms with Crippen LogP contribution < -0.4 is 16.0 Å². The third kappa shape index (κ3) is 6.93. The zero-order chi connectivity index (χ0) is 16.4. The van der Waals surface area contributed by atoms with Gasteiger partial charge in [-0.15, -0.1) is 0 Å². The summed E-state index contributed by atoms with van der Waals surface area (Å²) in [6.45, 7) is 5.63. The van der Waals surface area contributed by atoms with Crippen LogP contribution in [0.15, 0.2) is 33.7 Å². The number of halogens is 1. The summed E-state index contributed by atoms with van der Waals surface area (Å²) < 4.78 is 0.904. The van der Waals surface area contributed by atoms with Gasteiger partial charge in [0.25, 0.3) is 5.91 Å². The van der Waals surface area contributed by atoms with Gasteiger partial charge in [-0.2, -0.15) is 0 Å². The average molecular weight is 369 g/mol. The van der Waals surface area contributed by atoms with Gasteiger partial charge >= 0.3 is 0 Å². The highest BCUT2D eigenvalue weighted by Gasteiger charge is 2.05.